The van der Waals surface area contributed by atoms with Crippen LogP contribution < -0.4 is 0 Å². The van der Waals surface area contributed by atoms with Crippen molar-refractivity contribution in [2.75, 3.05) is 13.7 Å². The number of aliphatic hydroxyl groups excluding tert-OH is 1. The number of methoxy groups -OCH3 is 1. The Morgan fingerprint density at radius 1 is 1.38 bits per heavy atom. The van der Waals surface area contributed by atoms with Gasteiger partial charge in [-0.05, 0) is 6.92 Å². The summed E-state index contributed by atoms with van der Waals surface area (Å²) in [7, 11) is 1.33. The van der Waals surface area contributed by atoms with Gasteiger partial charge in [0.05, 0.1) is 6.61 Å². The molecule has 0 saturated heterocycles. The second-order valence-electron chi connectivity index (χ2n) is 2.53. The molecule has 0 aromatic rings. The Morgan fingerprint density at radius 3 is 2.31 bits per heavy atom. The highest BCUT2D eigenvalue weighted by molar-refractivity contribution is 5.58. The van der Waals surface area contributed by atoms with E-state index >= 15 is 0 Å². The van der Waals surface area contributed by atoms with Crippen LogP contribution in [-0.2, 0) is 19.1 Å². The number of hydrogen-bond donors (Lipinski definition) is 1. The Hall–Kier alpha value is -0.780. The maximum Gasteiger partial charge on any atom is 0.151 e. The quantitative estimate of drug-likeness (QED) is 0.530. The molecular formula is C8H14O5. The fraction of sp³-hybridized carbons (Fsp3) is 0.750. The third-order valence-corrected chi connectivity index (χ3v) is 1.53. The third kappa shape index (κ3) is 4.12. The van der Waals surface area contributed by atoms with E-state index in [9.17, 15) is 9.59 Å². The highest BCUT2D eigenvalue weighted by atomic mass is 16.6. The fourth-order valence-electron chi connectivity index (χ4n) is 0.827. The van der Waals surface area contributed by atoms with Crippen LogP contribution in [0, 0.1) is 0 Å². The normalized spacial score (nSPS) is 17.5. The molecule has 5 heteroatoms. The zero-order valence-corrected chi connectivity index (χ0v) is 7.67. The summed E-state index contributed by atoms with van der Waals surface area (Å²) in [5.41, 5.74) is 0. The Labute approximate surface area is 76.6 Å². The van der Waals surface area contributed by atoms with E-state index in [2.05, 4.69) is 0 Å². The SMILES string of the molecule is COC(C=O)C(CO)OC(C)C=O. The van der Waals surface area contributed by atoms with E-state index < -0.39 is 18.3 Å². The van der Waals surface area contributed by atoms with Gasteiger partial charge in [-0.3, -0.25) is 0 Å². The lowest BCUT2D eigenvalue weighted by molar-refractivity contribution is -0.142. The first-order valence-corrected chi connectivity index (χ1v) is 3.89. The van der Waals surface area contributed by atoms with Crippen LogP contribution in [0.3, 0.4) is 0 Å². The predicted octanol–water partition coefficient (Wildman–Crippen LogP) is -0.835. The molecule has 0 saturated carbocycles. The van der Waals surface area contributed by atoms with Crippen LogP contribution in [0.15, 0.2) is 0 Å². The molecule has 0 aliphatic rings. The number of carbonyl (C=O) groups excluding carboxylic acids is 2. The first-order chi connectivity index (χ1) is 6.19. The minimum atomic E-state index is -0.840. The summed E-state index contributed by atoms with van der Waals surface area (Å²) in [6.45, 7) is 1.16. The molecular weight excluding hydrogens is 176 g/mol. The molecule has 0 bridgehead atoms. The Morgan fingerprint density at radius 2 is 2.00 bits per heavy atom. The van der Waals surface area contributed by atoms with Crippen LogP contribution >= 0.6 is 0 Å². The summed E-state index contributed by atoms with van der Waals surface area (Å²) in [6.07, 6.45) is -1.18. The van der Waals surface area contributed by atoms with Crippen molar-refractivity contribution in [2.45, 2.75) is 25.2 Å². The van der Waals surface area contributed by atoms with E-state index in [4.69, 9.17) is 14.6 Å². The molecule has 0 heterocycles. The van der Waals surface area contributed by atoms with Crippen LogP contribution in [0.5, 0.6) is 0 Å². The molecule has 0 aromatic carbocycles. The van der Waals surface area contributed by atoms with Gasteiger partial charge in [0, 0.05) is 7.11 Å². The first-order valence-electron chi connectivity index (χ1n) is 3.89. The molecule has 3 unspecified atom stereocenters. The molecule has 76 valence electrons. The lowest BCUT2D eigenvalue weighted by atomic mass is 10.2. The smallest absolute Gasteiger partial charge is 0.151 e. The molecule has 3 atom stereocenters. The lowest BCUT2D eigenvalue weighted by Crippen LogP contribution is -2.37. The molecule has 0 fully saturated rings. The van der Waals surface area contributed by atoms with Gasteiger partial charge in [0.1, 0.15) is 24.6 Å². The van der Waals surface area contributed by atoms with Gasteiger partial charge in [0.2, 0.25) is 0 Å². The van der Waals surface area contributed by atoms with Crippen LogP contribution in [0.1, 0.15) is 6.92 Å². The molecule has 1 N–H and O–H groups in total. The van der Waals surface area contributed by atoms with Crippen LogP contribution in [0.4, 0.5) is 0 Å². The summed E-state index contributed by atoms with van der Waals surface area (Å²) in [4.78, 5) is 20.6. The Balaban J connectivity index is 4.13. The van der Waals surface area contributed by atoms with E-state index in [0.717, 1.165) is 0 Å². The number of hydrogen-bond acceptors (Lipinski definition) is 5. The lowest BCUT2D eigenvalue weighted by Gasteiger charge is -2.21. The molecule has 0 amide bonds. The predicted molar refractivity (Wildman–Crippen MR) is 44.3 cm³/mol. The zero-order valence-electron chi connectivity index (χ0n) is 7.67. The van der Waals surface area contributed by atoms with Crippen molar-refractivity contribution in [3.63, 3.8) is 0 Å². The average molecular weight is 190 g/mol. The number of rotatable bonds is 7. The monoisotopic (exact) mass is 190 g/mol. The molecule has 0 rings (SSSR count). The molecule has 13 heavy (non-hydrogen) atoms. The van der Waals surface area contributed by atoms with Crippen molar-refractivity contribution < 1.29 is 24.2 Å². The number of aldehydes is 2. The van der Waals surface area contributed by atoms with E-state index in [1.807, 2.05) is 0 Å². The molecule has 0 radical (unpaired) electrons. The average Bonchev–Trinajstić information content (AvgIpc) is 2.17. The van der Waals surface area contributed by atoms with Crippen molar-refractivity contribution >= 4 is 12.6 Å². The van der Waals surface area contributed by atoms with Crippen molar-refractivity contribution in [1.82, 2.24) is 0 Å². The van der Waals surface area contributed by atoms with Gasteiger partial charge in [0.25, 0.3) is 0 Å². The van der Waals surface area contributed by atoms with Crippen LogP contribution in [0.25, 0.3) is 0 Å². The number of ether oxygens (including phenoxy) is 2. The fourth-order valence-corrected chi connectivity index (χ4v) is 0.827. The highest BCUT2D eigenvalue weighted by Crippen LogP contribution is 2.03. The second-order valence-corrected chi connectivity index (χ2v) is 2.53. The van der Waals surface area contributed by atoms with Gasteiger partial charge in [0.15, 0.2) is 6.29 Å². The Bertz CT molecular complexity index is 159. The van der Waals surface area contributed by atoms with Gasteiger partial charge in [-0.1, -0.05) is 0 Å². The molecule has 5 nitrogen and oxygen atoms in total. The van der Waals surface area contributed by atoms with E-state index in [1.165, 1.54) is 14.0 Å². The molecule has 0 aliphatic heterocycles. The van der Waals surface area contributed by atoms with Crippen molar-refractivity contribution in [2.24, 2.45) is 0 Å². The van der Waals surface area contributed by atoms with Crippen molar-refractivity contribution in [1.29, 1.82) is 0 Å². The van der Waals surface area contributed by atoms with E-state index in [1.54, 1.807) is 0 Å². The minimum absolute atomic E-state index is 0.366. The topological polar surface area (TPSA) is 72.8 Å². The van der Waals surface area contributed by atoms with Gasteiger partial charge in [-0.15, -0.1) is 0 Å². The zero-order chi connectivity index (χ0) is 10.3. The van der Waals surface area contributed by atoms with Gasteiger partial charge in [-0.2, -0.15) is 0 Å². The van der Waals surface area contributed by atoms with Crippen molar-refractivity contribution in [3.8, 4) is 0 Å². The summed E-state index contributed by atoms with van der Waals surface area (Å²) in [5, 5.41) is 8.82. The van der Waals surface area contributed by atoms with Gasteiger partial charge >= 0.3 is 0 Å². The maximum absolute atomic E-state index is 10.4. The minimum Gasteiger partial charge on any atom is -0.394 e. The summed E-state index contributed by atoms with van der Waals surface area (Å²) in [5.74, 6) is 0. The standard InChI is InChI=1S/C8H14O5/c1-6(3-9)13-8(5-11)7(4-10)12-2/h3-4,6-8,11H,5H2,1-2H3. The van der Waals surface area contributed by atoms with Gasteiger partial charge < -0.3 is 24.2 Å². The largest absolute Gasteiger partial charge is 0.394 e. The maximum atomic E-state index is 10.4. The molecule has 0 aliphatic carbocycles. The second kappa shape index (κ2) is 6.71. The van der Waals surface area contributed by atoms with E-state index in [-0.39, 0.29) is 6.61 Å². The summed E-state index contributed by atoms with van der Waals surface area (Å²) < 4.78 is 9.75. The van der Waals surface area contributed by atoms with Gasteiger partial charge in [-0.25, -0.2) is 0 Å². The molecule has 0 aromatic heterocycles. The third-order valence-electron chi connectivity index (χ3n) is 1.53. The number of carbonyl (C=O) groups is 2. The van der Waals surface area contributed by atoms with Crippen LogP contribution in [-0.4, -0.2) is 49.7 Å². The summed E-state index contributed by atoms with van der Waals surface area (Å²) >= 11 is 0. The summed E-state index contributed by atoms with van der Waals surface area (Å²) in [6, 6.07) is 0. The first kappa shape index (κ1) is 12.2. The van der Waals surface area contributed by atoms with Crippen molar-refractivity contribution in [3.05, 3.63) is 0 Å². The number of aliphatic hydroxyl groups is 1. The highest BCUT2D eigenvalue weighted by Gasteiger charge is 2.22. The Kier molecular flexibility index (Phi) is 6.30. The van der Waals surface area contributed by atoms with E-state index in [0.29, 0.717) is 12.6 Å². The molecule has 0 spiro atoms. The van der Waals surface area contributed by atoms with Crippen LogP contribution in [0.2, 0.25) is 0 Å².